The van der Waals surface area contributed by atoms with Gasteiger partial charge in [-0.05, 0) is 12.1 Å². The number of hydrogen-bond acceptors (Lipinski definition) is 3. The van der Waals surface area contributed by atoms with Gasteiger partial charge in [-0.2, -0.15) is 0 Å². The molecule has 0 bridgehead atoms. The van der Waals surface area contributed by atoms with Crippen molar-refractivity contribution in [3.8, 4) is 0 Å². The molecule has 0 atom stereocenters. The Morgan fingerprint density at radius 3 is 2.25 bits per heavy atom. The minimum absolute atomic E-state index is 0.0394. The highest BCUT2D eigenvalue weighted by atomic mass is 35.5. The largest absolute Gasteiger partial charge is 0.398 e. The van der Waals surface area contributed by atoms with Crippen LogP contribution in [-0.4, -0.2) is 8.42 Å². The highest BCUT2D eigenvalue weighted by Gasteiger charge is 2.15. The predicted octanol–water partition coefficient (Wildman–Crippen LogP) is 0.570. The molecule has 0 aliphatic rings. The van der Waals surface area contributed by atoms with Crippen LogP contribution < -0.4 is 10.9 Å². The van der Waals surface area contributed by atoms with Crippen molar-refractivity contribution in [3.05, 3.63) is 23.2 Å². The summed E-state index contributed by atoms with van der Waals surface area (Å²) in [6.07, 6.45) is 0. The second kappa shape index (κ2) is 2.93. The summed E-state index contributed by atoms with van der Waals surface area (Å²) in [6, 6.07) is 4.38. The van der Waals surface area contributed by atoms with E-state index in [0.29, 0.717) is 0 Å². The van der Waals surface area contributed by atoms with Crippen molar-refractivity contribution < 1.29 is 8.42 Å². The lowest BCUT2D eigenvalue weighted by atomic mass is 10.3. The van der Waals surface area contributed by atoms with E-state index < -0.39 is 10.0 Å². The molecule has 0 aromatic heterocycles. The van der Waals surface area contributed by atoms with Gasteiger partial charge in [0.25, 0.3) is 0 Å². The van der Waals surface area contributed by atoms with Crippen LogP contribution in [-0.2, 0) is 10.0 Å². The fourth-order valence-corrected chi connectivity index (χ4v) is 2.07. The third kappa shape index (κ3) is 1.69. The molecule has 12 heavy (non-hydrogen) atoms. The van der Waals surface area contributed by atoms with E-state index in [1.807, 2.05) is 0 Å². The molecule has 0 aliphatic carbocycles. The van der Waals surface area contributed by atoms with Crippen LogP contribution in [0.15, 0.2) is 23.1 Å². The van der Waals surface area contributed by atoms with Crippen molar-refractivity contribution in [2.24, 2.45) is 5.14 Å². The van der Waals surface area contributed by atoms with Crippen molar-refractivity contribution >= 4 is 27.3 Å². The Bertz CT molecular complexity index is 382. The molecular weight excluding hydrogens is 200 g/mol. The lowest BCUT2D eigenvalue weighted by Gasteiger charge is -2.03. The van der Waals surface area contributed by atoms with Crippen molar-refractivity contribution in [1.29, 1.82) is 0 Å². The SMILES string of the molecule is Nc1cccc(Cl)c1S(N)(=O)=O. The fourth-order valence-electron chi connectivity index (χ4n) is 0.826. The number of halogens is 1. The van der Waals surface area contributed by atoms with Gasteiger partial charge in [0, 0.05) is 0 Å². The van der Waals surface area contributed by atoms with E-state index in [1.165, 1.54) is 12.1 Å². The topological polar surface area (TPSA) is 86.2 Å². The highest BCUT2D eigenvalue weighted by molar-refractivity contribution is 7.89. The maximum absolute atomic E-state index is 10.9. The van der Waals surface area contributed by atoms with Crippen molar-refractivity contribution in [2.45, 2.75) is 4.90 Å². The molecule has 0 radical (unpaired) electrons. The average molecular weight is 207 g/mol. The number of hydrogen-bond donors (Lipinski definition) is 2. The lowest BCUT2D eigenvalue weighted by molar-refractivity contribution is 0.598. The first-order valence-corrected chi connectivity index (χ1v) is 4.92. The Balaban J connectivity index is 3.53. The summed E-state index contributed by atoms with van der Waals surface area (Å²) in [7, 11) is -3.82. The Morgan fingerprint density at radius 1 is 1.33 bits per heavy atom. The second-order valence-electron chi connectivity index (χ2n) is 2.20. The van der Waals surface area contributed by atoms with Gasteiger partial charge in [0.2, 0.25) is 10.0 Å². The first-order valence-electron chi connectivity index (χ1n) is 2.99. The zero-order valence-corrected chi connectivity index (χ0v) is 7.56. The Hall–Kier alpha value is -0.780. The number of sulfonamides is 1. The molecule has 4 nitrogen and oxygen atoms in total. The van der Waals surface area contributed by atoms with Gasteiger partial charge >= 0.3 is 0 Å². The molecule has 0 saturated carbocycles. The van der Waals surface area contributed by atoms with E-state index in [0.717, 1.165) is 0 Å². The van der Waals surface area contributed by atoms with Gasteiger partial charge in [0.15, 0.2) is 0 Å². The molecule has 6 heteroatoms. The van der Waals surface area contributed by atoms with Crippen LogP contribution in [0.5, 0.6) is 0 Å². The molecule has 0 spiro atoms. The summed E-state index contributed by atoms with van der Waals surface area (Å²) in [5.41, 5.74) is 5.42. The molecule has 0 unspecified atom stereocenters. The van der Waals surface area contributed by atoms with Crippen LogP contribution in [0.2, 0.25) is 5.02 Å². The molecular formula is C6H7ClN2O2S. The Morgan fingerprint density at radius 2 is 1.92 bits per heavy atom. The van der Waals surface area contributed by atoms with Crippen LogP contribution in [0.3, 0.4) is 0 Å². The van der Waals surface area contributed by atoms with Gasteiger partial charge in [-0.1, -0.05) is 17.7 Å². The highest BCUT2D eigenvalue weighted by Crippen LogP contribution is 2.25. The van der Waals surface area contributed by atoms with Gasteiger partial charge in [0.1, 0.15) is 4.90 Å². The average Bonchev–Trinajstić information content (AvgIpc) is 1.82. The summed E-state index contributed by atoms with van der Waals surface area (Å²) >= 11 is 5.57. The standard InChI is InChI=1S/C6H7ClN2O2S/c7-4-2-1-3-5(8)6(4)12(9,10)11/h1-3H,8H2,(H2,9,10,11). The number of anilines is 1. The van der Waals surface area contributed by atoms with Crippen molar-refractivity contribution in [3.63, 3.8) is 0 Å². The molecule has 0 amide bonds. The van der Waals surface area contributed by atoms with Gasteiger partial charge in [0.05, 0.1) is 10.7 Å². The van der Waals surface area contributed by atoms with Crippen molar-refractivity contribution in [1.82, 2.24) is 0 Å². The van der Waals surface area contributed by atoms with E-state index in [1.54, 1.807) is 6.07 Å². The number of nitrogen functional groups attached to an aromatic ring is 1. The summed E-state index contributed by atoms with van der Waals surface area (Å²) < 4.78 is 21.8. The molecule has 1 rings (SSSR count). The molecule has 1 aromatic rings. The fraction of sp³-hybridized carbons (Fsp3) is 0. The number of benzene rings is 1. The monoisotopic (exact) mass is 206 g/mol. The second-order valence-corrected chi connectivity index (χ2v) is 4.11. The normalized spacial score (nSPS) is 11.5. The lowest BCUT2D eigenvalue weighted by Crippen LogP contribution is -2.14. The van der Waals surface area contributed by atoms with Gasteiger partial charge in [-0.3, -0.25) is 0 Å². The molecule has 4 N–H and O–H groups in total. The Kier molecular flexibility index (Phi) is 2.27. The van der Waals surface area contributed by atoms with Crippen LogP contribution in [0.25, 0.3) is 0 Å². The third-order valence-corrected chi connectivity index (χ3v) is 2.73. The first kappa shape index (κ1) is 9.31. The van der Waals surface area contributed by atoms with E-state index in [-0.39, 0.29) is 15.6 Å². The van der Waals surface area contributed by atoms with Gasteiger partial charge in [-0.25, -0.2) is 13.6 Å². The molecule has 0 heterocycles. The minimum atomic E-state index is -3.82. The van der Waals surface area contributed by atoms with Gasteiger partial charge in [-0.15, -0.1) is 0 Å². The maximum Gasteiger partial charge on any atom is 0.241 e. The van der Waals surface area contributed by atoms with E-state index in [9.17, 15) is 8.42 Å². The molecule has 1 aromatic carbocycles. The summed E-state index contributed by atoms with van der Waals surface area (Å²) in [4.78, 5) is -0.216. The third-order valence-electron chi connectivity index (χ3n) is 1.28. The van der Waals surface area contributed by atoms with Crippen LogP contribution in [0.1, 0.15) is 0 Å². The first-order chi connectivity index (χ1) is 5.43. The molecule has 0 fully saturated rings. The minimum Gasteiger partial charge on any atom is -0.398 e. The number of rotatable bonds is 1. The maximum atomic E-state index is 10.9. The zero-order chi connectivity index (χ0) is 9.35. The summed E-state index contributed by atoms with van der Waals surface area (Å²) in [5.74, 6) is 0. The van der Waals surface area contributed by atoms with Gasteiger partial charge < -0.3 is 5.73 Å². The number of primary sulfonamides is 1. The van der Waals surface area contributed by atoms with E-state index >= 15 is 0 Å². The van der Waals surface area contributed by atoms with Crippen LogP contribution in [0.4, 0.5) is 5.69 Å². The van der Waals surface area contributed by atoms with E-state index in [2.05, 4.69) is 0 Å². The number of nitrogens with two attached hydrogens (primary N) is 2. The zero-order valence-electron chi connectivity index (χ0n) is 5.99. The summed E-state index contributed by atoms with van der Waals surface area (Å²) in [6.45, 7) is 0. The molecule has 0 aliphatic heterocycles. The smallest absolute Gasteiger partial charge is 0.241 e. The molecule has 66 valence electrons. The summed E-state index contributed by atoms with van der Waals surface area (Å²) in [5, 5.41) is 4.91. The van der Waals surface area contributed by atoms with Crippen molar-refractivity contribution in [2.75, 3.05) is 5.73 Å². The predicted molar refractivity (Wildman–Crippen MR) is 47.2 cm³/mol. The molecule has 0 saturated heterocycles. The van der Waals surface area contributed by atoms with E-state index in [4.69, 9.17) is 22.5 Å². The van der Waals surface area contributed by atoms with Crippen LogP contribution >= 0.6 is 11.6 Å². The quantitative estimate of drug-likeness (QED) is 0.659. The Labute approximate surface area is 75.2 Å². The van der Waals surface area contributed by atoms with Crippen LogP contribution in [0, 0.1) is 0 Å².